The zero-order chi connectivity index (χ0) is 11.1. The van der Waals surface area contributed by atoms with Crippen LogP contribution in [0.5, 0.6) is 0 Å². The quantitative estimate of drug-likeness (QED) is 0.719. The van der Waals surface area contributed by atoms with Crippen molar-refractivity contribution in [2.24, 2.45) is 0 Å². The molecule has 82 valence electrons. The summed E-state index contributed by atoms with van der Waals surface area (Å²) in [6.45, 7) is 5.02. The van der Waals surface area contributed by atoms with Crippen molar-refractivity contribution in [2.45, 2.75) is 20.0 Å². The van der Waals surface area contributed by atoms with Gasteiger partial charge < -0.3 is 9.30 Å². The van der Waals surface area contributed by atoms with Crippen molar-refractivity contribution >= 4 is 0 Å². The molecule has 1 aliphatic heterocycles. The molecule has 0 aromatic carbocycles. The average Bonchev–Trinajstić information content (AvgIpc) is 3.07. The fourth-order valence-corrected chi connectivity index (χ4v) is 1.99. The minimum Gasteiger partial charge on any atom is -0.368 e. The van der Waals surface area contributed by atoms with Gasteiger partial charge in [-0.05, 0) is 32.0 Å². The summed E-state index contributed by atoms with van der Waals surface area (Å²) in [5.41, 5.74) is 3.59. The third kappa shape index (κ3) is 1.53. The number of nitrogens with zero attached hydrogens (tertiary/aromatic N) is 2. The van der Waals surface area contributed by atoms with E-state index in [1.54, 1.807) is 0 Å². The van der Waals surface area contributed by atoms with Crippen LogP contribution >= 0.6 is 0 Å². The van der Waals surface area contributed by atoms with E-state index in [1.165, 1.54) is 17.0 Å². The summed E-state index contributed by atoms with van der Waals surface area (Å²) in [5, 5.41) is 0. The molecule has 1 fully saturated rings. The van der Waals surface area contributed by atoms with Gasteiger partial charge in [0.1, 0.15) is 11.9 Å². The summed E-state index contributed by atoms with van der Waals surface area (Å²) >= 11 is 0. The Kier molecular flexibility index (Phi) is 2.07. The lowest BCUT2D eigenvalue weighted by atomic mass is 10.2. The van der Waals surface area contributed by atoms with Crippen molar-refractivity contribution in [3.8, 4) is 5.82 Å². The summed E-state index contributed by atoms with van der Waals surface area (Å²) in [4.78, 5) is 4.49. The van der Waals surface area contributed by atoms with Crippen LogP contribution in [0.4, 0.5) is 0 Å². The van der Waals surface area contributed by atoms with Crippen LogP contribution < -0.4 is 0 Å². The van der Waals surface area contributed by atoms with E-state index in [1.807, 2.05) is 6.20 Å². The van der Waals surface area contributed by atoms with Crippen molar-refractivity contribution < 1.29 is 4.74 Å². The van der Waals surface area contributed by atoms with E-state index in [9.17, 15) is 0 Å². The SMILES string of the molecule is Cc1ccc(C)n1-c1ccc([C@@H]2CO2)cn1. The minimum absolute atomic E-state index is 0.286. The zero-order valence-electron chi connectivity index (χ0n) is 9.47. The number of hydrogen-bond acceptors (Lipinski definition) is 2. The third-order valence-electron chi connectivity index (χ3n) is 2.98. The van der Waals surface area contributed by atoms with Crippen LogP contribution in [0.1, 0.15) is 23.1 Å². The first-order valence-electron chi connectivity index (χ1n) is 5.48. The molecule has 1 saturated heterocycles. The van der Waals surface area contributed by atoms with Gasteiger partial charge in [-0.15, -0.1) is 0 Å². The number of pyridine rings is 1. The maximum absolute atomic E-state index is 5.23. The van der Waals surface area contributed by atoms with Crippen LogP contribution in [0.15, 0.2) is 30.5 Å². The second-order valence-corrected chi connectivity index (χ2v) is 4.22. The van der Waals surface area contributed by atoms with E-state index in [-0.39, 0.29) is 6.10 Å². The van der Waals surface area contributed by atoms with Crippen molar-refractivity contribution in [3.63, 3.8) is 0 Å². The highest BCUT2D eigenvalue weighted by Gasteiger charge is 2.24. The lowest BCUT2D eigenvalue weighted by Crippen LogP contribution is -2.01. The van der Waals surface area contributed by atoms with Crippen LogP contribution in [0.25, 0.3) is 5.82 Å². The molecule has 0 aliphatic carbocycles. The molecule has 0 unspecified atom stereocenters. The van der Waals surface area contributed by atoms with Gasteiger partial charge in [-0.1, -0.05) is 6.07 Å². The molecule has 3 rings (SSSR count). The minimum atomic E-state index is 0.286. The first-order valence-corrected chi connectivity index (χ1v) is 5.48. The van der Waals surface area contributed by atoms with E-state index < -0.39 is 0 Å². The highest BCUT2D eigenvalue weighted by Crippen LogP contribution is 2.29. The van der Waals surface area contributed by atoms with Crippen LogP contribution in [-0.4, -0.2) is 16.2 Å². The molecule has 3 heteroatoms. The molecule has 0 N–H and O–H groups in total. The van der Waals surface area contributed by atoms with Gasteiger partial charge in [0.2, 0.25) is 0 Å². The molecule has 0 saturated carbocycles. The lowest BCUT2D eigenvalue weighted by Gasteiger charge is -2.08. The molecule has 2 aromatic heterocycles. The zero-order valence-corrected chi connectivity index (χ0v) is 9.47. The fraction of sp³-hybridized carbons (Fsp3) is 0.308. The normalized spacial score (nSPS) is 18.8. The largest absolute Gasteiger partial charge is 0.368 e. The van der Waals surface area contributed by atoms with E-state index in [0.717, 1.165) is 12.4 Å². The maximum atomic E-state index is 5.23. The van der Waals surface area contributed by atoms with Gasteiger partial charge >= 0.3 is 0 Å². The summed E-state index contributed by atoms with van der Waals surface area (Å²) in [5.74, 6) is 0.976. The molecule has 0 bridgehead atoms. The van der Waals surface area contributed by atoms with Gasteiger partial charge in [0.15, 0.2) is 0 Å². The monoisotopic (exact) mass is 214 g/mol. The van der Waals surface area contributed by atoms with Crippen LogP contribution in [-0.2, 0) is 4.74 Å². The second-order valence-electron chi connectivity index (χ2n) is 4.22. The maximum Gasteiger partial charge on any atom is 0.136 e. The summed E-state index contributed by atoms with van der Waals surface area (Å²) in [6.07, 6.45) is 2.19. The Morgan fingerprint density at radius 3 is 2.38 bits per heavy atom. The average molecular weight is 214 g/mol. The first-order chi connectivity index (χ1) is 7.75. The second kappa shape index (κ2) is 3.46. The number of aryl methyl sites for hydroxylation is 2. The molecule has 0 spiro atoms. The third-order valence-corrected chi connectivity index (χ3v) is 2.98. The predicted octanol–water partition coefficient (Wildman–Crippen LogP) is 2.56. The summed E-state index contributed by atoms with van der Waals surface area (Å²) in [7, 11) is 0. The molecule has 0 radical (unpaired) electrons. The van der Waals surface area contributed by atoms with Gasteiger partial charge in [-0.25, -0.2) is 4.98 Å². The van der Waals surface area contributed by atoms with Crippen molar-refractivity contribution in [1.82, 2.24) is 9.55 Å². The van der Waals surface area contributed by atoms with E-state index in [4.69, 9.17) is 4.74 Å². The Labute approximate surface area is 94.7 Å². The molecule has 1 aliphatic rings. The molecule has 3 nitrogen and oxygen atoms in total. The Bertz CT molecular complexity index is 490. The molecule has 0 amide bonds. The number of rotatable bonds is 2. The first kappa shape index (κ1) is 9.60. The topological polar surface area (TPSA) is 30.4 Å². The van der Waals surface area contributed by atoms with E-state index in [2.05, 4.69) is 47.7 Å². The molecule has 1 atom stereocenters. The van der Waals surface area contributed by atoms with Crippen molar-refractivity contribution in [1.29, 1.82) is 0 Å². The molecule has 16 heavy (non-hydrogen) atoms. The van der Waals surface area contributed by atoms with Crippen molar-refractivity contribution in [2.75, 3.05) is 6.61 Å². The van der Waals surface area contributed by atoms with Gasteiger partial charge in [0, 0.05) is 23.1 Å². The molecular weight excluding hydrogens is 200 g/mol. The van der Waals surface area contributed by atoms with E-state index >= 15 is 0 Å². The Morgan fingerprint density at radius 2 is 1.88 bits per heavy atom. The molecular formula is C13H14N2O. The summed E-state index contributed by atoms with van der Waals surface area (Å²) in [6, 6.07) is 8.36. The highest BCUT2D eigenvalue weighted by molar-refractivity contribution is 5.33. The van der Waals surface area contributed by atoms with Crippen LogP contribution in [0.3, 0.4) is 0 Å². The summed E-state index contributed by atoms with van der Waals surface area (Å²) < 4.78 is 7.38. The standard InChI is InChI=1S/C13H14N2O/c1-9-3-4-10(2)15(9)13-6-5-11(7-14-13)12-8-16-12/h3-7,12H,8H2,1-2H3/t12-/m0/s1. The molecule has 2 aromatic rings. The Morgan fingerprint density at radius 1 is 1.19 bits per heavy atom. The van der Waals surface area contributed by atoms with Gasteiger partial charge in [-0.2, -0.15) is 0 Å². The smallest absolute Gasteiger partial charge is 0.136 e. The van der Waals surface area contributed by atoms with Gasteiger partial charge in [0.25, 0.3) is 0 Å². The lowest BCUT2D eigenvalue weighted by molar-refractivity contribution is 0.415. The van der Waals surface area contributed by atoms with E-state index in [0.29, 0.717) is 0 Å². The highest BCUT2D eigenvalue weighted by atomic mass is 16.6. The predicted molar refractivity (Wildman–Crippen MR) is 61.7 cm³/mol. The number of aromatic nitrogens is 2. The number of epoxide rings is 1. The van der Waals surface area contributed by atoms with Crippen LogP contribution in [0, 0.1) is 13.8 Å². The number of ether oxygens (including phenoxy) is 1. The Hall–Kier alpha value is -1.61. The number of hydrogen-bond donors (Lipinski definition) is 0. The van der Waals surface area contributed by atoms with Crippen molar-refractivity contribution in [3.05, 3.63) is 47.4 Å². The molecule has 3 heterocycles. The fourth-order valence-electron chi connectivity index (χ4n) is 1.99. The Balaban J connectivity index is 2.00. The van der Waals surface area contributed by atoms with Gasteiger partial charge in [0.05, 0.1) is 6.61 Å². The van der Waals surface area contributed by atoms with Crippen LogP contribution in [0.2, 0.25) is 0 Å². The van der Waals surface area contributed by atoms with Gasteiger partial charge in [-0.3, -0.25) is 0 Å².